The summed E-state index contributed by atoms with van der Waals surface area (Å²) in [4.78, 5) is 2.35. The van der Waals surface area contributed by atoms with Gasteiger partial charge in [-0.25, -0.2) is 0 Å². The molecule has 2 unspecified atom stereocenters. The van der Waals surface area contributed by atoms with Crippen LogP contribution in [0.5, 0.6) is 0 Å². The average molecular weight is 349 g/mol. The number of benzene rings is 1. The minimum Gasteiger partial charge on any atom is -0.388 e. The lowest BCUT2D eigenvalue weighted by atomic mass is 10.1. The maximum atomic E-state index is 10.3. The molecule has 0 saturated carbocycles. The minimum absolute atomic E-state index is 0.418. The molecule has 0 radical (unpaired) electrons. The van der Waals surface area contributed by atoms with Crippen LogP contribution in [0.15, 0.2) is 22.7 Å². The van der Waals surface area contributed by atoms with Crippen molar-refractivity contribution < 1.29 is 9.84 Å². The van der Waals surface area contributed by atoms with E-state index in [4.69, 9.17) is 16.3 Å². The molecule has 1 aromatic rings. The number of morpholine rings is 1. The molecule has 2 atom stereocenters. The lowest BCUT2D eigenvalue weighted by molar-refractivity contribution is -0.00638. The summed E-state index contributed by atoms with van der Waals surface area (Å²) in [5.41, 5.74) is 0.797. The zero-order chi connectivity index (χ0) is 13.8. The molecule has 2 rings (SSSR count). The number of aliphatic hydroxyl groups excluding tert-OH is 1. The molecular weight excluding hydrogens is 330 g/mol. The summed E-state index contributed by atoms with van der Waals surface area (Å²) in [7, 11) is 0. The van der Waals surface area contributed by atoms with Crippen LogP contribution in [0.25, 0.3) is 0 Å². The molecule has 0 aliphatic carbocycles. The predicted octanol–water partition coefficient (Wildman–Crippen LogP) is 3.25. The van der Waals surface area contributed by atoms with Crippen molar-refractivity contribution in [2.24, 2.45) is 0 Å². The smallest absolute Gasteiger partial charge is 0.0816 e. The second-order valence-corrected chi connectivity index (χ2v) is 6.25. The largest absolute Gasteiger partial charge is 0.388 e. The molecule has 1 N–H and O–H groups in total. The third-order valence-corrected chi connectivity index (χ3v) is 4.34. The van der Waals surface area contributed by atoms with Gasteiger partial charge in [0.1, 0.15) is 0 Å². The highest BCUT2D eigenvalue weighted by atomic mass is 79.9. The van der Waals surface area contributed by atoms with Gasteiger partial charge in [0.05, 0.1) is 19.3 Å². The molecule has 1 fully saturated rings. The first-order chi connectivity index (χ1) is 9.08. The number of hydrogen-bond donors (Lipinski definition) is 1. The van der Waals surface area contributed by atoms with Crippen LogP contribution in [-0.4, -0.2) is 42.4 Å². The fourth-order valence-electron chi connectivity index (χ4n) is 2.31. The first kappa shape index (κ1) is 15.3. The van der Waals surface area contributed by atoms with E-state index in [0.717, 1.165) is 36.3 Å². The number of ether oxygens (including phenoxy) is 1. The summed E-state index contributed by atoms with van der Waals surface area (Å²) in [6.45, 7) is 5.49. The van der Waals surface area contributed by atoms with Crippen molar-refractivity contribution in [1.82, 2.24) is 4.90 Å². The summed E-state index contributed by atoms with van der Waals surface area (Å²) < 4.78 is 6.33. The molecule has 3 nitrogen and oxygen atoms in total. The van der Waals surface area contributed by atoms with Crippen LogP contribution < -0.4 is 0 Å². The molecular formula is C14H19BrClNO2. The third-order valence-electron chi connectivity index (χ3n) is 3.52. The summed E-state index contributed by atoms with van der Waals surface area (Å²) in [6.07, 6.45) is 0.168. The third kappa shape index (κ3) is 4.17. The van der Waals surface area contributed by atoms with Gasteiger partial charge in [-0.2, -0.15) is 0 Å². The van der Waals surface area contributed by atoms with Crippen LogP contribution in [0.2, 0.25) is 5.02 Å². The Balaban J connectivity index is 1.91. The maximum Gasteiger partial charge on any atom is 0.0816 e. The van der Waals surface area contributed by atoms with Gasteiger partial charge in [-0.15, -0.1) is 0 Å². The number of nitrogens with zero attached hydrogens (tertiary/aromatic N) is 1. The van der Waals surface area contributed by atoms with Crippen LogP contribution in [-0.2, 0) is 4.74 Å². The van der Waals surface area contributed by atoms with Gasteiger partial charge in [-0.3, -0.25) is 4.90 Å². The molecule has 0 spiro atoms. The van der Waals surface area contributed by atoms with Gasteiger partial charge in [-0.1, -0.05) is 33.6 Å². The van der Waals surface area contributed by atoms with Gasteiger partial charge in [-0.05, 0) is 31.0 Å². The topological polar surface area (TPSA) is 32.7 Å². The van der Waals surface area contributed by atoms with E-state index < -0.39 is 6.10 Å². The fraction of sp³-hybridized carbons (Fsp3) is 0.571. The van der Waals surface area contributed by atoms with Gasteiger partial charge in [0, 0.05) is 28.6 Å². The highest BCUT2D eigenvalue weighted by Crippen LogP contribution is 2.28. The number of halogens is 2. The van der Waals surface area contributed by atoms with Crippen molar-refractivity contribution in [2.75, 3.05) is 26.3 Å². The Morgan fingerprint density at radius 3 is 3.05 bits per heavy atom. The normalized spacial score (nSPS) is 22.4. The molecule has 1 heterocycles. The van der Waals surface area contributed by atoms with Crippen LogP contribution >= 0.6 is 27.5 Å². The van der Waals surface area contributed by atoms with E-state index in [1.807, 2.05) is 18.2 Å². The minimum atomic E-state index is -0.518. The Morgan fingerprint density at radius 2 is 2.37 bits per heavy atom. The summed E-state index contributed by atoms with van der Waals surface area (Å²) in [6, 6.07) is 6.01. The fourth-order valence-corrected chi connectivity index (χ4v) is 3.11. The first-order valence-electron chi connectivity index (χ1n) is 6.52. The summed E-state index contributed by atoms with van der Waals surface area (Å²) in [5, 5.41) is 10.9. The van der Waals surface area contributed by atoms with Crippen LogP contribution in [0.4, 0.5) is 0 Å². The van der Waals surface area contributed by atoms with Gasteiger partial charge in [0.15, 0.2) is 0 Å². The Kier molecular flexibility index (Phi) is 5.66. The van der Waals surface area contributed by atoms with Crippen LogP contribution in [0.1, 0.15) is 25.0 Å². The zero-order valence-corrected chi connectivity index (χ0v) is 13.3. The van der Waals surface area contributed by atoms with Gasteiger partial charge in [0.2, 0.25) is 0 Å². The molecule has 1 aliphatic rings. The van der Waals surface area contributed by atoms with Crippen molar-refractivity contribution >= 4 is 27.5 Å². The SMILES string of the molecule is CC1COCCN1CCC(O)c1ccc(Br)cc1Cl. The van der Waals surface area contributed by atoms with E-state index in [2.05, 4.69) is 27.8 Å². The van der Waals surface area contributed by atoms with Crippen molar-refractivity contribution in [1.29, 1.82) is 0 Å². The average Bonchev–Trinajstić information content (AvgIpc) is 2.37. The molecule has 106 valence electrons. The second-order valence-electron chi connectivity index (χ2n) is 4.93. The highest BCUT2D eigenvalue weighted by molar-refractivity contribution is 9.10. The molecule has 19 heavy (non-hydrogen) atoms. The van der Waals surface area contributed by atoms with E-state index >= 15 is 0 Å². The molecule has 0 aromatic heterocycles. The Morgan fingerprint density at radius 1 is 1.58 bits per heavy atom. The molecule has 1 saturated heterocycles. The highest BCUT2D eigenvalue weighted by Gasteiger charge is 2.20. The van der Waals surface area contributed by atoms with Gasteiger partial charge in [0.25, 0.3) is 0 Å². The molecule has 1 aliphatic heterocycles. The Hall–Kier alpha value is -0.130. The van der Waals surface area contributed by atoms with Crippen molar-refractivity contribution in [3.8, 4) is 0 Å². The van der Waals surface area contributed by atoms with Crippen molar-refractivity contribution in [2.45, 2.75) is 25.5 Å². The second kappa shape index (κ2) is 7.04. The first-order valence-corrected chi connectivity index (χ1v) is 7.70. The summed E-state index contributed by atoms with van der Waals surface area (Å²) >= 11 is 9.52. The molecule has 0 bridgehead atoms. The van der Waals surface area contributed by atoms with Crippen molar-refractivity contribution in [3.05, 3.63) is 33.3 Å². The van der Waals surface area contributed by atoms with E-state index in [9.17, 15) is 5.11 Å². The quantitative estimate of drug-likeness (QED) is 0.906. The number of rotatable bonds is 4. The standard InChI is InChI=1S/C14H19BrClNO2/c1-10-9-19-7-6-17(10)5-4-14(18)12-3-2-11(15)8-13(12)16/h2-3,8,10,14,18H,4-7,9H2,1H3. The van der Waals surface area contributed by atoms with E-state index in [-0.39, 0.29) is 0 Å². The van der Waals surface area contributed by atoms with Crippen LogP contribution in [0, 0.1) is 0 Å². The Bertz CT molecular complexity index is 430. The Labute approximate surface area is 127 Å². The maximum absolute atomic E-state index is 10.3. The molecule has 1 aromatic carbocycles. The predicted molar refractivity (Wildman–Crippen MR) is 80.6 cm³/mol. The van der Waals surface area contributed by atoms with Crippen LogP contribution in [0.3, 0.4) is 0 Å². The number of hydrogen-bond acceptors (Lipinski definition) is 3. The lowest BCUT2D eigenvalue weighted by Crippen LogP contribution is -2.44. The van der Waals surface area contributed by atoms with E-state index in [0.29, 0.717) is 17.5 Å². The van der Waals surface area contributed by atoms with Gasteiger partial charge < -0.3 is 9.84 Å². The monoisotopic (exact) mass is 347 g/mol. The van der Waals surface area contributed by atoms with E-state index in [1.165, 1.54) is 0 Å². The molecule has 0 amide bonds. The van der Waals surface area contributed by atoms with Crippen molar-refractivity contribution in [3.63, 3.8) is 0 Å². The lowest BCUT2D eigenvalue weighted by Gasteiger charge is -2.33. The summed E-state index contributed by atoms with van der Waals surface area (Å²) in [5.74, 6) is 0. The van der Waals surface area contributed by atoms with Gasteiger partial charge >= 0.3 is 0 Å². The number of aliphatic hydroxyl groups is 1. The molecule has 5 heteroatoms. The van der Waals surface area contributed by atoms with E-state index in [1.54, 1.807) is 0 Å². The zero-order valence-electron chi connectivity index (χ0n) is 11.0.